The molecule has 0 saturated heterocycles. The molecule has 2 aromatic rings. The van der Waals surface area contributed by atoms with Gasteiger partial charge in [0.05, 0.1) is 5.02 Å². The second kappa shape index (κ2) is 9.63. The first kappa shape index (κ1) is 23.2. The Morgan fingerprint density at radius 3 is 2.48 bits per heavy atom. The molecule has 5 nitrogen and oxygen atoms in total. The third-order valence-corrected chi connectivity index (χ3v) is 5.35. The summed E-state index contributed by atoms with van der Waals surface area (Å²) >= 11 is 5.84. The van der Waals surface area contributed by atoms with E-state index in [1.54, 1.807) is 0 Å². The highest BCUT2D eigenvalue weighted by Gasteiger charge is 2.34. The zero-order valence-electron chi connectivity index (χ0n) is 16.9. The summed E-state index contributed by atoms with van der Waals surface area (Å²) in [6.45, 7) is 1.95. The van der Waals surface area contributed by atoms with Gasteiger partial charge >= 0.3 is 0 Å². The van der Waals surface area contributed by atoms with E-state index >= 15 is 0 Å². The first-order valence-corrected chi connectivity index (χ1v) is 9.88. The molecule has 0 bridgehead atoms. The number of benzene rings is 1. The van der Waals surface area contributed by atoms with E-state index in [0.29, 0.717) is 5.56 Å². The predicted octanol–water partition coefficient (Wildman–Crippen LogP) is 5.17. The molecule has 1 fully saturated rings. The number of nitrogens with zero attached hydrogens (tertiary/aromatic N) is 2. The van der Waals surface area contributed by atoms with Crippen LogP contribution in [0.15, 0.2) is 30.3 Å². The van der Waals surface area contributed by atoms with E-state index < -0.39 is 11.5 Å². The maximum atomic E-state index is 13.4. The van der Waals surface area contributed by atoms with Gasteiger partial charge in [-0.05, 0) is 56.9 Å². The van der Waals surface area contributed by atoms with Crippen molar-refractivity contribution in [3.63, 3.8) is 0 Å². The number of nitrogens with one attached hydrogen (secondary N) is 2. The van der Waals surface area contributed by atoms with Crippen LogP contribution >= 0.6 is 24.0 Å². The maximum Gasteiger partial charge on any atom is 0.253 e. The van der Waals surface area contributed by atoms with Crippen LogP contribution in [0.5, 0.6) is 0 Å². The van der Waals surface area contributed by atoms with Gasteiger partial charge in [-0.15, -0.1) is 12.4 Å². The molecule has 8 heteroatoms. The highest BCUT2D eigenvalue weighted by atomic mass is 35.5. The second-order valence-corrected chi connectivity index (χ2v) is 8.00. The van der Waals surface area contributed by atoms with Crippen LogP contribution in [0.2, 0.25) is 5.02 Å². The lowest BCUT2D eigenvalue weighted by Crippen LogP contribution is -2.55. The van der Waals surface area contributed by atoms with Gasteiger partial charge in [0.15, 0.2) is 0 Å². The smallest absolute Gasteiger partial charge is 0.253 e. The Kier molecular flexibility index (Phi) is 7.72. The summed E-state index contributed by atoms with van der Waals surface area (Å²) in [7, 11) is 3.96. The maximum absolute atomic E-state index is 13.4. The van der Waals surface area contributed by atoms with Gasteiger partial charge in [0.1, 0.15) is 17.3 Å². The number of aryl methyl sites for hydroxylation is 1. The van der Waals surface area contributed by atoms with Crippen molar-refractivity contribution in [3.8, 4) is 0 Å². The van der Waals surface area contributed by atoms with Crippen molar-refractivity contribution in [2.24, 2.45) is 0 Å². The third-order valence-electron chi connectivity index (χ3n) is 5.06. The van der Waals surface area contributed by atoms with Crippen LogP contribution in [0, 0.1) is 12.7 Å². The van der Waals surface area contributed by atoms with Crippen LogP contribution in [-0.2, 0) is 0 Å². The van der Waals surface area contributed by atoms with Crippen LogP contribution in [0.3, 0.4) is 0 Å². The SMILES string of the molecule is Cc1cc(N(C)C)cc(NC2(NC(=O)c3ccc(F)c(Cl)c3)CCCCC2)n1.Cl. The Balaban J connectivity index is 0.00000300. The highest BCUT2D eigenvalue weighted by Crippen LogP contribution is 2.31. The average molecular weight is 441 g/mol. The number of halogens is 3. The van der Waals surface area contributed by atoms with E-state index in [0.717, 1.165) is 49.3 Å². The van der Waals surface area contributed by atoms with Gasteiger partial charge in [-0.25, -0.2) is 9.37 Å². The normalized spacial score (nSPS) is 15.2. The third kappa shape index (κ3) is 5.73. The number of carbonyl (C=O) groups excluding carboxylic acids is 1. The molecule has 0 unspecified atom stereocenters. The predicted molar refractivity (Wildman–Crippen MR) is 119 cm³/mol. The monoisotopic (exact) mass is 440 g/mol. The lowest BCUT2D eigenvalue weighted by atomic mass is 9.88. The zero-order chi connectivity index (χ0) is 20.3. The van der Waals surface area contributed by atoms with Crippen molar-refractivity contribution in [3.05, 3.63) is 52.4 Å². The van der Waals surface area contributed by atoms with Crippen LogP contribution < -0.4 is 15.5 Å². The van der Waals surface area contributed by atoms with Crippen molar-refractivity contribution < 1.29 is 9.18 Å². The summed E-state index contributed by atoms with van der Waals surface area (Å²) in [5, 5.41) is 6.55. The number of anilines is 2. The van der Waals surface area contributed by atoms with Crippen LogP contribution in [0.1, 0.15) is 48.2 Å². The molecule has 1 aliphatic carbocycles. The molecule has 0 atom stereocenters. The van der Waals surface area contributed by atoms with Gasteiger partial charge in [0, 0.05) is 37.1 Å². The molecule has 1 aromatic heterocycles. The van der Waals surface area contributed by atoms with E-state index in [-0.39, 0.29) is 23.3 Å². The Bertz CT molecular complexity index is 870. The molecule has 0 radical (unpaired) electrons. The summed E-state index contributed by atoms with van der Waals surface area (Å²) in [6, 6.07) is 8.01. The van der Waals surface area contributed by atoms with Crippen molar-refractivity contribution in [1.29, 1.82) is 0 Å². The summed E-state index contributed by atoms with van der Waals surface area (Å²) in [6.07, 6.45) is 4.72. The number of hydrogen-bond donors (Lipinski definition) is 2. The molecule has 1 saturated carbocycles. The summed E-state index contributed by atoms with van der Waals surface area (Å²) in [4.78, 5) is 19.5. The van der Waals surface area contributed by atoms with E-state index in [1.807, 2.05) is 38.1 Å². The summed E-state index contributed by atoms with van der Waals surface area (Å²) in [5.74, 6) is -0.0938. The second-order valence-electron chi connectivity index (χ2n) is 7.60. The molecule has 0 aliphatic heterocycles. The number of pyridine rings is 1. The summed E-state index contributed by atoms with van der Waals surface area (Å²) in [5.41, 5.74) is 1.68. The molecule has 3 rings (SSSR count). The summed E-state index contributed by atoms with van der Waals surface area (Å²) < 4.78 is 13.4. The molecular weight excluding hydrogens is 414 g/mol. The first-order valence-electron chi connectivity index (χ1n) is 9.50. The average Bonchev–Trinajstić information content (AvgIpc) is 2.64. The minimum atomic E-state index is -0.597. The fourth-order valence-electron chi connectivity index (χ4n) is 3.58. The molecule has 2 N–H and O–H groups in total. The topological polar surface area (TPSA) is 57.3 Å². The zero-order valence-corrected chi connectivity index (χ0v) is 18.5. The van der Waals surface area contributed by atoms with Gasteiger partial charge in [-0.1, -0.05) is 18.0 Å². The number of aromatic nitrogens is 1. The number of carbonyl (C=O) groups is 1. The lowest BCUT2D eigenvalue weighted by molar-refractivity contribution is 0.0888. The van der Waals surface area contributed by atoms with Crippen LogP contribution in [0.4, 0.5) is 15.9 Å². The minimum Gasteiger partial charge on any atom is -0.377 e. The molecule has 1 heterocycles. The van der Waals surface area contributed by atoms with Crippen LogP contribution in [-0.4, -0.2) is 30.6 Å². The number of rotatable bonds is 5. The van der Waals surface area contributed by atoms with Crippen molar-refractivity contribution >= 4 is 41.4 Å². The molecule has 158 valence electrons. The largest absolute Gasteiger partial charge is 0.377 e. The molecule has 29 heavy (non-hydrogen) atoms. The molecule has 1 aliphatic rings. The van der Waals surface area contributed by atoms with Crippen molar-refractivity contribution in [2.45, 2.75) is 44.7 Å². The molecule has 1 aromatic carbocycles. The fraction of sp³-hybridized carbons (Fsp3) is 0.429. The quantitative estimate of drug-likeness (QED) is 0.629. The van der Waals surface area contributed by atoms with E-state index in [1.165, 1.54) is 18.2 Å². The minimum absolute atomic E-state index is 0. The van der Waals surface area contributed by atoms with Gasteiger partial charge in [0.25, 0.3) is 5.91 Å². The number of hydrogen-bond acceptors (Lipinski definition) is 4. The van der Waals surface area contributed by atoms with Gasteiger partial charge in [0.2, 0.25) is 0 Å². The Morgan fingerprint density at radius 1 is 1.17 bits per heavy atom. The molecule has 1 amide bonds. The highest BCUT2D eigenvalue weighted by molar-refractivity contribution is 6.31. The van der Waals surface area contributed by atoms with Gasteiger partial charge < -0.3 is 15.5 Å². The standard InChI is InChI=1S/C21H26ClFN4O.ClH/c1-14-11-16(27(2)3)13-19(24-14)25-21(9-5-4-6-10-21)26-20(28)15-7-8-18(23)17(22)12-15;/h7-8,11-13H,4-6,9-10H2,1-3H3,(H,24,25)(H,26,28);1H. The van der Waals surface area contributed by atoms with E-state index in [4.69, 9.17) is 11.6 Å². The Morgan fingerprint density at radius 2 is 1.86 bits per heavy atom. The Hall–Kier alpha value is -2.05. The lowest BCUT2D eigenvalue weighted by Gasteiger charge is -2.39. The first-order chi connectivity index (χ1) is 13.3. The van der Waals surface area contributed by atoms with Crippen molar-refractivity contribution in [1.82, 2.24) is 10.3 Å². The van der Waals surface area contributed by atoms with E-state index in [2.05, 4.69) is 15.6 Å². The van der Waals surface area contributed by atoms with Gasteiger partial charge in [-0.2, -0.15) is 0 Å². The number of amides is 1. The molecule has 0 spiro atoms. The molecular formula is C21H27Cl2FN4O. The van der Waals surface area contributed by atoms with Crippen LogP contribution in [0.25, 0.3) is 0 Å². The fourth-order valence-corrected chi connectivity index (χ4v) is 3.76. The van der Waals surface area contributed by atoms with E-state index in [9.17, 15) is 9.18 Å². The van der Waals surface area contributed by atoms with Crippen molar-refractivity contribution in [2.75, 3.05) is 24.3 Å². The Labute approximate surface area is 182 Å². The van der Waals surface area contributed by atoms with Gasteiger partial charge in [-0.3, -0.25) is 4.79 Å².